The van der Waals surface area contributed by atoms with E-state index in [2.05, 4.69) is 5.32 Å². The average molecular weight is 235 g/mol. The number of amides is 1. The van der Waals surface area contributed by atoms with Crippen molar-refractivity contribution in [2.24, 2.45) is 0 Å². The molecule has 0 aliphatic carbocycles. The second kappa shape index (κ2) is 6.68. The molecule has 1 atom stereocenters. The first-order chi connectivity index (χ1) is 8.13. The van der Waals surface area contributed by atoms with E-state index in [1.807, 2.05) is 13.0 Å². The van der Waals surface area contributed by atoms with Crippen molar-refractivity contribution < 1.29 is 14.7 Å². The molecule has 0 radical (unpaired) electrons. The highest BCUT2D eigenvalue weighted by molar-refractivity contribution is 5.94. The van der Waals surface area contributed by atoms with Gasteiger partial charge in [-0.25, -0.2) is 0 Å². The maximum atomic E-state index is 11.8. The second-order valence-electron chi connectivity index (χ2n) is 3.92. The number of carbonyl (C=O) groups excluding carboxylic acids is 1. The van der Waals surface area contributed by atoms with E-state index in [1.165, 1.54) is 0 Å². The summed E-state index contributed by atoms with van der Waals surface area (Å²) in [4.78, 5) is 22.5. The van der Waals surface area contributed by atoms with Gasteiger partial charge in [0.15, 0.2) is 0 Å². The van der Waals surface area contributed by atoms with Crippen molar-refractivity contribution in [2.45, 2.75) is 32.2 Å². The molecule has 4 nitrogen and oxygen atoms in total. The Morgan fingerprint density at radius 2 is 1.94 bits per heavy atom. The largest absolute Gasteiger partial charge is 0.481 e. The SMILES string of the molecule is CCC[C@H](CC(=O)O)NC(=O)c1ccccc1. The van der Waals surface area contributed by atoms with Crippen molar-refractivity contribution >= 4 is 11.9 Å². The number of benzene rings is 1. The number of aliphatic carboxylic acids is 1. The lowest BCUT2D eigenvalue weighted by Crippen LogP contribution is -2.36. The van der Waals surface area contributed by atoms with Crippen LogP contribution in [0.3, 0.4) is 0 Å². The molecule has 0 heterocycles. The number of carbonyl (C=O) groups is 2. The van der Waals surface area contributed by atoms with Crippen LogP contribution in [0.1, 0.15) is 36.5 Å². The van der Waals surface area contributed by atoms with Gasteiger partial charge in [0.25, 0.3) is 5.91 Å². The zero-order chi connectivity index (χ0) is 12.7. The van der Waals surface area contributed by atoms with Crippen LogP contribution in [0.25, 0.3) is 0 Å². The first-order valence-corrected chi connectivity index (χ1v) is 5.71. The Kier molecular flexibility index (Phi) is 5.20. The van der Waals surface area contributed by atoms with Gasteiger partial charge in [0, 0.05) is 11.6 Å². The van der Waals surface area contributed by atoms with Gasteiger partial charge in [-0.05, 0) is 18.6 Å². The number of hydrogen-bond donors (Lipinski definition) is 2. The summed E-state index contributed by atoms with van der Waals surface area (Å²) in [6, 6.07) is 8.50. The van der Waals surface area contributed by atoms with E-state index in [4.69, 9.17) is 5.11 Å². The third-order valence-corrected chi connectivity index (χ3v) is 2.43. The van der Waals surface area contributed by atoms with Crippen LogP contribution in [0.5, 0.6) is 0 Å². The Labute approximate surface area is 101 Å². The van der Waals surface area contributed by atoms with Crippen molar-refractivity contribution in [2.75, 3.05) is 0 Å². The molecule has 0 aliphatic heterocycles. The highest BCUT2D eigenvalue weighted by atomic mass is 16.4. The molecular weight excluding hydrogens is 218 g/mol. The van der Waals surface area contributed by atoms with E-state index in [1.54, 1.807) is 24.3 Å². The van der Waals surface area contributed by atoms with Gasteiger partial charge in [0.05, 0.1) is 6.42 Å². The van der Waals surface area contributed by atoms with Crippen molar-refractivity contribution in [3.63, 3.8) is 0 Å². The van der Waals surface area contributed by atoms with Gasteiger partial charge in [0.2, 0.25) is 0 Å². The van der Waals surface area contributed by atoms with Gasteiger partial charge >= 0.3 is 5.97 Å². The smallest absolute Gasteiger partial charge is 0.305 e. The summed E-state index contributed by atoms with van der Waals surface area (Å²) in [6.07, 6.45) is 1.48. The van der Waals surface area contributed by atoms with Crippen LogP contribution in [0.4, 0.5) is 0 Å². The normalized spacial score (nSPS) is 11.8. The van der Waals surface area contributed by atoms with Crippen LogP contribution < -0.4 is 5.32 Å². The Balaban J connectivity index is 2.60. The fourth-order valence-corrected chi connectivity index (χ4v) is 1.64. The molecule has 1 rings (SSSR count). The minimum atomic E-state index is -0.892. The third kappa shape index (κ3) is 4.68. The molecule has 2 N–H and O–H groups in total. The molecule has 1 aromatic rings. The van der Waals surface area contributed by atoms with Gasteiger partial charge in [-0.1, -0.05) is 31.5 Å². The maximum Gasteiger partial charge on any atom is 0.305 e. The molecular formula is C13H17NO3. The first-order valence-electron chi connectivity index (χ1n) is 5.71. The summed E-state index contributed by atoms with van der Waals surface area (Å²) in [5.41, 5.74) is 0.555. The predicted molar refractivity (Wildman–Crippen MR) is 64.9 cm³/mol. The molecule has 0 saturated heterocycles. The Bertz CT molecular complexity index is 376. The van der Waals surface area contributed by atoms with Gasteiger partial charge in [-0.3, -0.25) is 9.59 Å². The quantitative estimate of drug-likeness (QED) is 0.793. The van der Waals surface area contributed by atoms with Crippen molar-refractivity contribution in [3.8, 4) is 0 Å². The van der Waals surface area contributed by atoms with Crippen LogP contribution >= 0.6 is 0 Å². The number of carboxylic acids is 1. The highest BCUT2D eigenvalue weighted by Gasteiger charge is 2.15. The number of hydrogen-bond acceptors (Lipinski definition) is 2. The summed E-state index contributed by atoms with van der Waals surface area (Å²) < 4.78 is 0. The number of nitrogens with one attached hydrogen (secondary N) is 1. The van der Waals surface area contributed by atoms with Gasteiger partial charge in [0.1, 0.15) is 0 Å². The van der Waals surface area contributed by atoms with E-state index < -0.39 is 5.97 Å². The Morgan fingerprint density at radius 3 is 2.47 bits per heavy atom. The summed E-state index contributed by atoms with van der Waals surface area (Å²) in [5.74, 6) is -1.11. The van der Waals surface area contributed by atoms with Crippen LogP contribution in [0.2, 0.25) is 0 Å². The highest BCUT2D eigenvalue weighted by Crippen LogP contribution is 2.05. The number of rotatable bonds is 6. The summed E-state index contributed by atoms with van der Waals surface area (Å²) in [6.45, 7) is 1.96. The molecule has 0 saturated carbocycles. The van der Waals surface area contributed by atoms with Crippen molar-refractivity contribution in [1.29, 1.82) is 0 Å². The zero-order valence-electron chi connectivity index (χ0n) is 9.85. The monoisotopic (exact) mass is 235 g/mol. The third-order valence-electron chi connectivity index (χ3n) is 2.43. The van der Waals surface area contributed by atoms with E-state index in [0.717, 1.165) is 6.42 Å². The minimum absolute atomic E-state index is 0.0353. The van der Waals surface area contributed by atoms with E-state index in [9.17, 15) is 9.59 Å². The lowest BCUT2D eigenvalue weighted by atomic mass is 10.1. The van der Waals surface area contributed by atoms with E-state index >= 15 is 0 Å². The zero-order valence-corrected chi connectivity index (χ0v) is 9.85. The lowest BCUT2D eigenvalue weighted by molar-refractivity contribution is -0.137. The summed E-state index contributed by atoms with van der Waals surface area (Å²) in [7, 11) is 0. The molecule has 0 spiro atoms. The average Bonchev–Trinajstić information content (AvgIpc) is 2.29. The molecule has 92 valence electrons. The summed E-state index contributed by atoms with van der Waals surface area (Å²) in [5, 5.41) is 11.5. The summed E-state index contributed by atoms with van der Waals surface area (Å²) >= 11 is 0. The van der Waals surface area contributed by atoms with Crippen LogP contribution in [-0.2, 0) is 4.79 Å². The van der Waals surface area contributed by atoms with Crippen molar-refractivity contribution in [3.05, 3.63) is 35.9 Å². The molecule has 0 bridgehead atoms. The maximum absolute atomic E-state index is 11.8. The standard InChI is InChI=1S/C13H17NO3/c1-2-6-11(9-12(15)16)14-13(17)10-7-4-3-5-8-10/h3-5,7-8,11H,2,6,9H2,1H3,(H,14,17)(H,15,16)/t11-/m1/s1. The number of carboxylic acid groups (broad SMARTS) is 1. The minimum Gasteiger partial charge on any atom is -0.481 e. The van der Waals surface area contributed by atoms with Gasteiger partial charge in [-0.2, -0.15) is 0 Å². The van der Waals surface area contributed by atoms with Crippen LogP contribution in [0.15, 0.2) is 30.3 Å². The van der Waals surface area contributed by atoms with Gasteiger partial charge in [-0.15, -0.1) is 0 Å². The molecule has 1 aromatic carbocycles. The lowest BCUT2D eigenvalue weighted by Gasteiger charge is -2.15. The predicted octanol–water partition coefficient (Wildman–Crippen LogP) is 2.06. The molecule has 0 aromatic heterocycles. The molecule has 1 amide bonds. The fraction of sp³-hybridized carbons (Fsp3) is 0.385. The molecule has 0 aliphatic rings. The van der Waals surface area contributed by atoms with Gasteiger partial charge < -0.3 is 10.4 Å². The fourth-order valence-electron chi connectivity index (χ4n) is 1.64. The second-order valence-corrected chi connectivity index (χ2v) is 3.92. The van der Waals surface area contributed by atoms with Crippen LogP contribution in [-0.4, -0.2) is 23.0 Å². The Hall–Kier alpha value is -1.84. The molecule has 4 heteroatoms. The Morgan fingerprint density at radius 1 is 1.29 bits per heavy atom. The van der Waals surface area contributed by atoms with E-state index in [0.29, 0.717) is 12.0 Å². The van der Waals surface area contributed by atoms with Crippen LogP contribution in [0, 0.1) is 0 Å². The molecule has 17 heavy (non-hydrogen) atoms. The van der Waals surface area contributed by atoms with Crippen molar-refractivity contribution in [1.82, 2.24) is 5.32 Å². The molecule has 0 fully saturated rings. The topological polar surface area (TPSA) is 66.4 Å². The van der Waals surface area contributed by atoms with E-state index in [-0.39, 0.29) is 18.4 Å². The first kappa shape index (κ1) is 13.2. The molecule has 0 unspecified atom stereocenters.